The number of anilines is 1. The molecular formula is C26H30N6O5. The van der Waals surface area contributed by atoms with Crippen LogP contribution in [-0.2, 0) is 14.4 Å². The van der Waals surface area contributed by atoms with Gasteiger partial charge in [0, 0.05) is 34.8 Å². The maximum Gasteiger partial charge on any atom is 0.267 e. The second-order valence-corrected chi connectivity index (χ2v) is 8.64. The van der Waals surface area contributed by atoms with Crippen molar-refractivity contribution >= 4 is 29.3 Å². The molecule has 0 spiro atoms. The maximum atomic E-state index is 12.4. The number of amides is 4. The number of piperidine rings is 1. The van der Waals surface area contributed by atoms with Crippen molar-refractivity contribution in [1.29, 1.82) is 0 Å². The fourth-order valence-corrected chi connectivity index (χ4v) is 3.82. The third kappa shape index (κ3) is 8.15. The number of nitrogens with zero attached hydrogens (tertiary/aromatic N) is 1. The summed E-state index contributed by atoms with van der Waals surface area (Å²) in [5.74, 6) is 4.21. The van der Waals surface area contributed by atoms with Gasteiger partial charge in [-0.05, 0) is 74.5 Å². The summed E-state index contributed by atoms with van der Waals surface area (Å²) in [5, 5.41) is 14.0. The summed E-state index contributed by atoms with van der Waals surface area (Å²) in [4.78, 5) is 49.4. The zero-order valence-corrected chi connectivity index (χ0v) is 20.2. The Morgan fingerprint density at radius 2 is 1.54 bits per heavy atom. The molecule has 2 aromatic carbocycles. The first-order valence-electron chi connectivity index (χ1n) is 11.8. The molecule has 4 amide bonds. The largest absolute Gasteiger partial charge is 0.369 e. The van der Waals surface area contributed by atoms with Gasteiger partial charge in [-0.3, -0.25) is 29.3 Å². The number of likely N-dealkylation sites (tertiary alicyclic amines) is 1. The van der Waals surface area contributed by atoms with Crippen LogP contribution in [0.3, 0.4) is 0 Å². The summed E-state index contributed by atoms with van der Waals surface area (Å²) < 4.78 is 0. The quantitative estimate of drug-likeness (QED) is 0.163. The predicted molar refractivity (Wildman–Crippen MR) is 136 cm³/mol. The number of hydrogen-bond acceptors (Lipinski definition) is 7. The van der Waals surface area contributed by atoms with Crippen molar-refractivity contribution < 1.29 is 24.4 Å². The van der Waals surface area contributed by atoms with Crippen LogP contribution < -0.4 is 27.6 Å². The molecule has 1 aliphatic rings. The molecule has 1 fully saturated rings. The average molecular weight is 507 g/mol. The Hall–Kier alpha value is -4.24. The Kier molecular flexibility index (Phi) is 9.74. The van der Waals surface area contributed by atoms with E-state index in [0.717, 1.165) is 5.56 Å². The van der Waals surface area contributed by atoms with Gasteiger partial charge < -0.3 is 22.1 Å². The first kappa shape index (κ1) is 27.3. The Bertz CT molecular complexity index is 1180. The van der Waals surface area contributed by atoms with E-state index in [1.54, 1.807) is 48.5 Å². The fraction of sp³-hybridized carbons (Fsp3) is 0.308. The molecule has 0 unspecified atom stereocenters. The molecule has 1 saturated heterocycles. The third-order valence-electron chi connectivity index (χ3n) is 5.99. The van der Waals surface area contributed by atoms with E-state index < -0.39 is 17.9 Å². The van der Waals surface area contributed by atoms with Gasteiger partial charge in [0.15, 0.2) is 0 Å². The number of carbonyl (C=O) groups excluding carboxylic acids is 4. The summed E-state index contributed by atoms with van der Waals surface area (Å²) in [7, 11) is 0. The van der Waals surface area contributed by atoms with E-state index in [1.165, 1.54) is 5.48 Å². The highest BCUT2D eigenvalue weighted by molar-refractivity contribution is 5.97. The molecule has 0 aliphatic carbocycles. The highest BCUT2D eigenvalue weighted by Crippen LogP contribution is 2.16. The van der Waals surface area contributed by atoms with Crippen LogP contribution in [0.1, 0.15) is 34.3 Å². The minimum Gasteiger partial charge on any atom is -0.369 e. The molecule has 8 N–H and O–H groups in total. The van der Waals surface area contributed by atoms with E-state index in [9.17, 15) is 19.2 Å². The molecule has 194 valence electrons. The van der Waals surface area contributed by atoms with E-state index in [-0.39, 0.29) is 30.8 Å². The van der Waals surface area contributed by atoms with Gasteiger partial charge in [0.1, 0.15) is 6.04 Å². The Morgan fingerprint density at radius 1 is 0.973 bits per heavy atom. The summed E-state index contributed by atoms with van der Waals surface area (Å²) in [5.41, 5.74) is 14.6. The Balaban J connectivity index is 1.50. The van der Waals surface area contributed by atoms with Crippen LogP contribution in [0.4, 0.5) is 5.69 Å². The Labute approximate surface area is 214 Å². The summed E-state index contributed by atoms with van der Waals surface area (Å²) >= 11 is 0. The minimum atomic E-state index is -1.05. The van der Waals surface area contributed by atoms with Gasteiger partial charge in [-0.15, -0.1) is 0 Å². The smallest absolute Gasteiger partial charge is 0.267 e. The summed E-state index contributed by atoms with van der Waals surface area (Å²) in [6, 6.07) is 12.6. The topological polar surface area (TPSA) is 180 Å². The second kappa shape index (κ2) is 13.2. The van der Waals surface area contributed by atoms with Gasteiger partial charge >= 0.3 is 0 Å². The molecule has 11 nitrogen and oxygen atoms in total. The number of nitrogens with one attached hydrogen (secondary N) is 3. The van der Waals surface area contributed by atoms with Crippen LogP contribution in [0.25, 0.3) is 0 Å². The summed E-state index contributed by atoms with van der Waals surface area (Å²) in [6.45, 7) is 1.41. The van der Waals surface area contributed by atoms with Crippen molar-refractivity contribution in [2.45, 2.75) is 18.9 Å². The van der Waals surface area contributed by atoms with Gasteiger partial charge in [-0.25, -0.2) is 5.48 Å². The molecule has 1 atom stereocenters. The first-order valence-corrected chi connectivity index (χ1v) is 11.8. The lowest BCUT2D eigenvalue weighted by atomic mass is 9.96. The maximum absolute atomic E-state index is 12.4. The normalized spacial score (nSPS) is 14.5. The molecule has 1 heterocycles. The van der Waals surface area contributed by atoms with Crippen LogP contribution >= 0.6 is 0 Å². The molecule has 3 rings (SSSR count). The molecule has 0 aromatic heterocycles. The van der Waals surface area contributed by atoms with Gasteiger partial charge in [0.2, 0.25) is 11.8 Å². The number of primary amides is 1. The number of benzene rings is 2. The second-order valence-electron chi connectivity index (χ2n) is 8.64. The Morgan fingerprint density at radius 3 is 2.05 bits per heavy atom. The third-order valence-corrected chi connectivity index (χ3v) is 5.99. The fourth-order valence-electron chi connectivity index (χ4n) is 3.82. The van der Waals surface area contributed by atoms with Crippen molar-refractivity contribution in [3.8, 4) is 11.8 Å². The number of carbonyl (C=O) groups is 4. The number of rotatable bonds is 8. The van der Waals surface area contributed by atoms with Gasteiger partial charge in [0.25, 0.3) is 11.8 Å². The highest BCUT2D eigenvalue weighted by Gasteiger charge is 2.24. The van der Waals surface area contributed by atoms with Gasteiger partial charge in [0.05, 0.1) is 6.54 Å². The van der Waals surface area contributed by atoms with E-state index >= 15 is 0 Å². The lowest BCUT2D eigenvalue weighted by molar-refractivity contribution is -0.131. The zero-order valence-electron chi connectivity index (χ0n) is 20.2. The van der Waals surface area contributed by atoms with Crippen molar-refractivity contribution in [3.05, 3.63) is 65.2 Å². The SMILES string of the molecule is NC[C@H](NC(=O)c1ccc(C#Cc2ccc(NC(=O)CN3CCC(C(N)=O)CC3)cc2)cc1)C(=O)NO. The van der Waals surface area contributed by atoms with E-state index in [1.807, 2.05) is 4.90 Å². The van der Waals surface area contributed by atoms with Crippen molar-refractivity contribution in [3.63, 3.8) is 0 Å². The van der Waals surface area contributed by atoms with Crippen LogP contribution in [0.2, 0.25) is 0 Å². The van der Waals surface area contributed by atoms with Crippen molar-refractivity contribution in [1.82, 2.24) is 15.7 Å². The van der Waals surface area contributed by atoms with Crippen LogP contribution in [0.5, 0.6) is 0 Å². The average Bonchev–Trinajstić information content (AvgIpc) is 2.91. The molecule has 2 aromatic rings. The van der Waals surface area contributed by atoms with Gasteiger partial charge in [-0.2, -0.15) is 0 Å². The standard InChI is InChI=1S/C26H30N6O5/c27-15-22(26(36)31-37)30-25(35)20-7-3-17(4-8-20)1-2-18-5-9-21(10-6-18)29-23(33)16-32-13-11-19(12-14-32)24(28)34/h3-10,19,22,37H,11-16,27H2,(H2,28,34)(H,29,33)(H,30,35)(H,31,36)/t22-/m0/s1. The number of hydroxylamine groups is 1. The molecule has 0 bridgehead atoms. The monoisotopic (exact) mass is 506 g/mol. The lowest BCUT2D eigenvalue weighted by Gasteiger charge is -2.29. The lowest BCUT2D eigenvalue weighted by Crippen LogP contribution is -2.50. The van der Waals surface area contributed by atoms with Gasteiger partial charge in [-0.1, -0.05) is 11.8 Å². The zero-order chi connectivity index (χ0) is 26.8. The molecule has 1 aliphatic heterocycles. The molecule has 0 radical (unpaired) electrons. The van der Waals surface area contributed by atoms with Crippen LogP contribution in [-0.4, -0.2) is 66.0 Å². The number of nitrogens with two attached hydrogens (primary N) is 2. The van der Waals surface area contributed by atoms with Crippen molar-refractivity contribution in [2.75, 3.05) is 31.5 Å². The molecule has 11 heteroatoms. The van der Waals surface area contributed by atoms with E-state index in [0.29, 0.717) is 42.7 Å². The first-order chi connectivity index (χ1) is 17.8. The molecule has 37 heavy (non-hydrogen) atoms. The summed E-state index contributed by atoms with van der Waals surface area (Å²) in [6.07, 6.45) is 1.34. The predicted octanol–water partition coefficient (Wildman–Crippen LogP) is -0.215. The van der Waals surface area contributed by atoms with E-state index in [2.05, 4.69) is 22.5 Å². The van der Waals surface area contributed by atoms with E-state index in [4.69, 9.17) is 16.7 Å². The molecular weight excluding hydrogens is 476 g/mol. The molecule has 0 saturated carbocycles. The minimum absolute atomic E-state index is 0.110. The van der Waals surface area contributed by atoms with Crippen LogP contribution in [0, 0.1) is 17.8 Å². The van der Waals surface area contributed by atoms with Crippen molar-refractivity contribution in [2.24, 2.45) is 17.4 Å². The number of hydrogen-bond donors (Lipinski definition) is 6. The highest BCUT2D eigenvalue weighted by atomic mass is 16.5. The van der Waals surface area contributed by atoms with Crippen LogP contribution in [0.15, 0.2) is 48.5 Å².